The molecule has 3 rings (SSSR count). The van der Waals surface area contributed by atoms with Gasteiger partial charge in [0, 0.05) is 28.9 Å². The fraction of sp³-hybridized carbons (Fsp3) is 0.158. The number of nitro benzene ring substituents is 1. The molecule has 0 spiro atoms. The van der Waals surface area contributed by atoms with Crippen LogP contribution in [0.3, 0.4) is 0 Å². The van der Waals surface area contributed by atoms with E-state index in [4.69, 9.17) is 4.74 Å². The summed E-state index contributed by atoms with van der Waals surface area (Å²) in [5.41, 5.74) is 1.08. The van der Waals surface area contributed by atoms with Gasteiger partial charge in [0.25, 0.3) is 11.6 Å². The van der Waals surface area contributed by atoms with Crippen LogP contribution in [-0.2, 0) is 4.79 Å². The molecular weight excluding hydrogens is 442 g/mol. The predicted molar refractivity (Wildman–Crippen MR) is 118 cm³/mol. The zero-order valence-corrected chi connectivity index (χ0v) is 18.1. The highest BCUT2D eigenvalue weighted by Crippen LogP contribution is 2.27. The third-order valence-electron chi connectivity index (χ3n) is 3.98. The Morgan fingerprint density at radius 1 is 1.19 bits per heavy atom. The number of carbonyl (C=O) groups is 2. The van der Waals surface area contributed by atoms with E-state index >= 15 is 0 Å². The van der Waals surface area contributed by atoms with E-state index < -0.39 is 10.8 Å². The van der Waals surface area contributed by atoms with Crippen molar-refractivity contribution < 1.29 is 19.2 Å². The summed E-state index contributed by atoms with van der Waals surface area (Å²) in [5.74, 6) is -0.0318. The van der Waals surface area contributed by atoms with Gasteiger partial charge in [-0.25, -0.2) is 0 Å². The molecule has 31 heavy (non-hydrogen) atoms. The Hall–Kier alpha value is -3.51. The average Bonchev–Trinajstić information content (AvgIpc) is 3.19. The lowest BCUT2D eigenvalue weighted by molar-refractivity contribution is -0.385. The van der Waals surface area contributed by atoms with Gasteiger partial charge in [0.1, 0.15) is 5.75 Å². The first kappa shape index (κ1) is 22.2. The van der Waals surface area contributed by atoms with Crippen molar-refractivity contribution in [3.05, 3.63) is 63.7 Å². The van der Waals surface area contributed by atoms with Crippen molar-refractivity contribution in [1.82, 2.24) is 10.2 Å². The maximum atomic E-state index is 12.4. The van der Waals surface area contributed by atoms with Gasteiger partial charge in [0.2, 0.25) is 11.0 Å². The molecule has 10 nitrogen and oxygen atoms in total. The summed E-state index contributed by atoms with van der Waals surface area (Å²) in [5, 5.41) is 24.4. The van der Waals surface area contributed by atoms with Crippen molar-refractivity contribution in [2.24, 2.45) is 0 Å². The van der Waals surface area contributed by atoms with E-state index in [0.717, 1.165) is 11.3 Å². The van der Waals surface area contributed by atoms with Crippen LogP contribution in [0, 0.1) is 17.0 Å². The van der Waals surface area contributed by atoms with Crippen molar-refractivity contribution in [2.45, 2.75) is 11.3 Å². The van der Waals surface area contributed by atoms with Crippen molar-refractivity contribution in [2.75, 3.05) is 23.5 Å². The number of methoxy groups -OCH3 is 1. The maximum absolute atomic E-state index is 12.4. The number of rotatable bonds is 8. The lowest BCUT2D eigenvalue weighted by atomic mass is 10.1. The van der Waals surface area contributed by atoms with Gasteiger partial charge in [0.05, 0.1) is 17.8 Å². The van der Waals surface area contributed by atoms with Crippen molar-refractivity contribution >= 4 is 51.4 Å². The van der Waals surface area contributed by atoms with E-state index in [0.29, 0.717) is 21.3 Å². The molecule has 0 saturated heterocycles. The zero-order chi connectivity index (χ0) is 22.4. The number of hydrogen-bond donors (Lipinski definition) is 2. The molecule has 12 heteroatoms. The normalized spacial score (nSPS) is 10.4. The summed E-state index contributed by atoms with van der Waals surface area (Å²) in [4.78, 5) is 35.0. The van der Waals surface area contributed by atoms with Gasteiger partial charge < -0.3 is 10.1 Å². The Bertz CT molecular complexity index is 1130. The van der Waals surface area contributed by atoms with E-state index in [9.17, 15) is 19.7 Å². The van der Waals surface area contributed by atoms with E-state index in [1.54, 1.807) is 38.3 Å². The molecule has 2 N–H and O–H groups in total. The molecule has 3 aromatic rings. The Morgan fingerprint density at radius 3 is 2.74 bits per heavy atom. The molecule has 2 amide bonds. The van der Waals surface area contributed by atoms with Crippen LogP contribution in [-0.4, -0.2) is 39.8 Å². The van der Waals surface area contributed by atoms with Crippen molar-refractivity contribution in [1.29, 1.82) is 0 Å². The van der Waals surface area contributed by atoms with Crippen LogP contribution in [0.25, 0.3) is 0 Å². The van der Waals surface area contributed by atoms with Crippen molar-refractivity contribution in [3.63, 3.8) is 0 Å². The van der Waals surface area contributed by atoms with E-state index in [1.165, 1.54) is 30.0 Å². The number of aryl methyl sites for hydroxylation is 1. The smallest absolute Gasteiger partial charge is 0.273 e. The molecule has 0 saturated carbocycles. The third-order valence-corrected chi connectivity index (χ3v) is 5.95. The number of nitrogens with zero attached hydrogens (tertiary/aromatic N) is 3. The van der Waals surface area contributed by atoms with Crippen LogP contribution in [0.5, 0.6) is 5.75 Å². The molecule has 0 bridgehead atoms. The molecular formula is C19H17N5O5S2. The molecule has 0 aliphatic heterocycles. The Balaban J connectivity index is 1.55. The quantitative estimate of drug-likeness (QED) is 0.225. The average molecular weight is 460 g/mol. The molecule has 0 fully saturated rings. The topological polar surface area (TPSA) is 136 Å². The highest BCUT2D eigenvalue weighted by molar-refractivity contribution is 8.01. The third kappa shape index (κ3) is 5.99. The summed E-state index contributed by atoms with van der Waals surface area (Å²) in [7, 11) is 1.54. The molecule has 0 atom stereocenters. The summed E-state index contributed by atoms with van der Waals surface area (Å²) >= 11 is 2.27. The number of amides is 2. The molecule has 0 aliphatic rings. The first-order valence-electron chi connectivity index (χ1n) is 8.82. The number of nitrogens with one attached hydrogen (secondary N) is 2. The van der Waals surface area contributed by atoms with Crippen LogP contribution in [0.2, 0.25) is 0 Å². The largest absolute Gasteiger partial charge is 0.497 e. The Labute approximate surface area is 185 Å². The van der Waals surface area contributed by atoms with E-state index in [2.05, 4.69) is 20.8 Å². The minimum absolute atomic E-state index is 0.101. The van der Waals surface area contributed by atoms with Crippen LogP contribution in [0.15, 0.2) is 46.8 Å². The summed E-state index contributed by atoms with van der Waals surface area (Å²) < 4.78 is 5.61. The number of ether oxygens (including phenoxy) is 1. The summed E-state index contributed by atoms with van der Waals surface area (Å²) in [6.45, 7) is 1.60. The number of anilines is 2. The molecule has 2 aromatic carbocycles. The number of benzene rings is 2. The van der Waals surface area contributed by atoms with Gasteiger partial charge in [-0.3, -0.25) is 25.0 Å². The highest BCUT2D eigenvalue weighted by atomic mass is 32.2. The van der Waals surface area contributed by atoms with Crippen LogP contribution in [0.1, 0.15) is 15.9 Å². The van der Waals surface area contributed by atoms with Crippen LogP contribution in [0.4, 0.5) is 16.5 Å². The molecule has 1 heterocycles. The molecule has 160 valence electrons. The van der Waals surface area contributed by atoms with Crippen LogP contribution < -0.4 is 15.4 Å². The fourth-order valence-electron chi connectivity index (χ4n) is 2.46. The SMILES string of the molecule is COc1cccc(NC(=O)CSc2nnc(NC(=O)c3ccc(C)c([N+](=O)[O-])c3)s2)c1. The Morgan fingerprint density at radius 2 is 2.00 bits per heavy atom. The molecule has 1 aromatic heterocycles. The summed E-state index contributed by atoms with van der Waals surface area (Å²) in [6, 6.07) is 11.2. The predicted octanol–water partition coefficient (Wildman–Crippen LogP) is 3.75. The number of nitro groups is 1. The molecule has 0 radical (unpaired) electrons. The van der Waals surface area contributed by atoms with Gasteiger partial charge in [-0.2, -0.15) is 0 Å². The first-order valence-corrected chi connectivity index (χ1v) is 10.6. The van der Waals surface area contributed by atoms with Gasteiger partial charge in [-0.1, -0.05) is 35.2 Å². The minimum Gasteiger partial charge on any atom is -0.497 e. The first-order chi connectivity index (χ1) is 14.9. The minimum atomic E-state index is -0.539. The number of thioether (sulfide) groups is 1. The number of hydrogen-bond acceptors (Lipinski definition) is 9. The number of aromatic nitrogens is 2. The van der Waals surface area contributed by atoms with Crippen molar-refractivity contribution in [3.8, 4) is 5.75 Å². The van der Waals surface area contributed by atoms with Gasteiger partial charge >= 0.3 is 0 Å². The lowest BCUT2D eigenvalue weighted by Crippen LogP contribution is -2.13. The molecule has 0 unspecified atom stereocenters. The van der Waals surface area contributed by atoms with Gasteiger partial charge in [0.15, 0.2) is 4.34 Å². The standard InChI is InChI=1S/C19H17N5O5S2/c1-11-6-7-12(8-15(11)24(27)28)17(26)21-18-22-23-19(31-18)30-10-16(25)20-13-4-3-5-14(9-13)29-2/h3-9H,10H2,1-2H3,(H,20,25)(H,21,22,26). The van der Waals surface area contributed by atoms with Gasteiger partial charge in [-0.15, -0.1) is 10.2 Å². The maximum Gasteiger partial charge on any atom is 0.273 e. The second-order valence-corrected chi connectivity index (χ2v) is 8.35. The fourth-order valence-corrected chi connectivity index (χ4v) is 4.01. The van der Waals surface area contributed by atoms with E-state index in [1.807, 2.05) is 0 Å². The summed E-state index contributed by atoms with van der Waals surface area (Å²) in [6.07, 6.45) is 0. The zero-order valence-electron chi connectivity index (χ0n) is 16.4. The van der Waals surface area contributed by atoms with E-state index in [-0.39, 0.29) is 28.0 Å². The number of carbonyl (C=O) groups excluding carboxylic acids is 2. The van der Waals surface area contributed by atoms with Gasteiger partial charge in [-0.05, 0) is 25.1 Å². The second kappa shape index (κ2) is 10.00. The molecule has 0 aliphatic carbocycles. The van der Waals surface area contributed by atoms with Crippen LogP contribution >= 0.6 is 23.1 Å². The lowest BCUT2D eigenvalue weighted by Gasteiger charge is -2.06. The monoisotopic (exact) mass is 459 g/mol. The highest BCUT2D eigenvalue weighted by Gasteiger charge is 2.17. The Kier molecular flexibility index (Phi) is 7.15. The second-order valence-electron chi connectivity index (χ2n) is 6.15.